The van der Waals surface area contributed by atoms with E-state index in [0.29, 0.717) is 65.4 Å². The third-order valence-electron chi connectivity index (χ3n) is 16.8. The van der Waals surface area contributed by atoms with Crippen LogP contribution in [0.4, 0.5) is 14.9 Å². The fourth-order valence-corrected chi connectivity index (χ4v) is 11.3. The number of nitrogens with two attached hydrogens (primary N) is 1. The summed E-state index contributed by atoms with van der Waals surface area (Å²) in [6.07, 6.45) is 18.2. The minimum Gasteiger partial charge on any atom is -0.481 e. The summed E-state index contributed by atoms with van der Waals surface area (Å²) >= 11 is 6.12. The molecular weight excluding hydrogens is 1410 g/mol. The third kappa shape index (κ3) is 34.2. The minimum absolute atomic E-state index is 0.0304. The smallest absolute Gasteiger partial charge is 0.409 e. The standard InChI is InChI=1S/C73H103ClFN15O17/c1-49(2)39-59(86-65(95)46-105-38-37-104-35-33-78-62(92)31-29-58(72(101)102)85-63(93)20-15-13-11-9-7-5-3-4-6-8-10-12-14-16-21-66(96)97)71(100)87-60(44-91)69(98)80-43-64(94)84-57(19-17-18-32-76)70(99)83-52-25-22-50(23-26-52)45-107-73(103)82-48-106-36-34-89-47-81-67(51-24-27-55(75)54(74)40-51)68(89)56-28-30-61-79-42-53(41-77)90(61)88-56/h22-28,30,40,42,47,49,57-60,91H,3-21,29,31-39,43-46,48,76H2,1-2H3,(H,78,92)(H,80,98)(H,82,103)(H,83,99)(H,84,94)(H,85,93)(H,86,95)(H,87,100)(H,96,97)(H,101,102)/t57-,58-,59-,60-/m0/s1. The molecule has 2 aromatic carbocycles. The van der Waals surface area contributed by atoms with Crippen molar-refractivity contribution in [2.24, 2.45) is 11.7 Å². The van der Waals surface area contributed by atoms with E-state index >= 15 is 0 Å². The van der Waals surface area contributed by atoms with Crippen molar-refractivity contribution in [2.75, 3.05) is 71.3 Å². The van der Waals surface area contributed by atoms with Gasteiger partial charge < -0.3 is 81.8 Å². The second kappa shape index (κ2) is 50.0. The Morgan fingerprint density at radius 3 is 1.95 bits per heavy atom. The molecule has 5 rings (SSSR count). The number of carbonyl (C=O) groups is 10. The second-order valence-corrected chi connectivity index (χ2v) is 26.4. The highest BCUT2D eigenvalue weighted by Gasteiger charge is 2.29. The van der Waals surface area contributed by atoms with Gasteiger partial charge in [0.05, 0.1) is 68.5 Å². The Balaban J connectivity index is 0.929. The summed E-state index contributed by atoms with van der Waals surface area (Å²) in [5.74, 6) is -7.26. The number of hydrogen-bond acceptors (Lipinski definition) is 20. The Hall–Kier alpha value is -9.72. The average molecular weight is 1520 g/mol. The Kier molecular flexibility index (Phi) is 41.0. The maximum absolute atomic E-state index is 14.1. The van der Waals surface area contributed by atoms with E-state index in [-0.39, 0.29) is 114 Å². The van der Waals surface area contributed by atoms with Crippen LogP contribution in [0.1, 0.15) is 166 Å². The van der Waals surface area contributed by atoms with Crippen LogP contribution in [0.3, 0.4) is 0 Å². The highest BCUT2D eigenvalue weighted by atomic mass is 35.5. The van der Waals surface area contributed by atoms with Crippen molar-refractivity contribution in [3.05, 3.63) is 89.2 Å². The second-order valence-electron chi connectivity index (χ2n) is 26.0. The molecule has 8 amide bonds. The molecule has 4 atom stereocenters. The van der Waals surface area contributed by atoms with Crippen LogP contribution in [0.5, 0.6) is 0 Å². The Labute approximate surface area is 626 Å². The molecular formula is C73H103ClFN15O17. The van der Waals surface area contributed by atoms with Gasteiger partial charge in [-0.05, 0) is 105 Å². The van der Waals surface area contributed by atoms with Crippen LogP contribution in [0.2, 0.25) is 5.02 Å². The van der Waals surface area contributed by atoms with Gasteiger partial charge in [0.25, 0.3) is 0 Å². The molecule has 34 heteroatoms. The number of carboxylic acid groups (broad SMARTS) is 2. The number of halogens is 2. The van der Waals surface area contributed by atoms with E-state index in [2.05, 4.69) is 63.7 Å². The van der Waals surface area contributed by atoms with Gasteiger partial charge in [-0.1, -0.05) is 115 Å². The summed E-state index contributed by atoms with van der Waals surface area (Å²) in [6, 6.07) is 11.0. The molecule has 0 aliphatic carbocycles. The molecule has 0 aliphatic rings. The largest absolute Gasteiger partial charge is 0.481 e. The molecule has 3 heterocycles. The fourth-order valence-electron chi connectivity index (χ4n) is 11.1. The molecule has 586 valence electrons. The van der Waals surface area contributed by atoms with E-state index in [4.69, 9.17) is 41.4 Å². The SMILES string of the molecule is CC(C)C[C@H](NC(=O)COCCOCCNC(=O)CC[C@H](NC(=O)CCCCCCCCCCCCCCCCC(=O)O)C(=O)O)C(=O)N[C@@H](CO)C(=O)NCC(=O)N[C@@H](CCCCN)C(=O)Nc1ccc(COC(=O)NCOCCn2cnc(-c3ccc(F)c(Cl)c3)c2-c2ccc3ncc(C#N)n3n2)cc1. The Morgan fingerprint density at radius 1 is 0.645 bits per heavy atom. The maximum Gasteiger partial charge on any atom is 0.409 e. The third-order valence-corrected chi connectivity index (χ3v) is 17.1. The van der Waals surface area contributed by atoms with Gasteiger partial charge in [0.15, 0.2) is 11.3 Å². The van der Waals surface area contributed by atoms with Gasteiger partial charge in [0.2, 0.25) is 41.4 Å². The van der Waals surface area contributed by atoms with Crippen LogP contribution in [0, 0.1) is 23.1 Å². The van der Waals surface area contributed by atoms with E-state index in [0.717, 1.165) is 57.8 Å². The number of rotatable bonds is 55. The van der Waals surface area contributed by atoms with Crippen molar-refractivity contribution in [1.82, 2.24) is 61.4 Å². The molecule has 0 saturated heterocycles. The van der Waals surface area contributed by atoms with Crippen molar-refractivity contribution >= 4 is 82.3 Å². The number of hydrogen-bond donors (Lipinski definition) is 12. The number of alkyl carbamates (subject to hydrolysis) is 1. The molecule has 0 saturated carbocycles. The normalized spacial score (nSPS) is 12.3. The van der Waals surface area contributed by atoms with Crippen molar-refractivity contribution in [3.8, 4) is 28.7 Å². The zero-order chi connectivity index (χ0) is 77.7. The summed E-state index contributed by atoms with van der Waals surface area (Å²) in [7, 11) is 0. The lowest BCUT2D eigenvalue weighted by Crippen LogP contribution is -2.56. The molecule has 0 spiro atoms. The number of aliphatic hydroxyl groups is 1. The van der Waals surface area contributed by atoms with E-state index in [1.54, 1.807) is 61.1 Å². The molecule has 5 aromatic rings. The minimum atomic E-state index is -1.54. The molecule has 3 aromatic heterocycles. The van der Waals surface area contributed by atoms with E-state index < -0.39 is 103 Å². The van der Waals surface area contributed by atoms with Crippen molar-refractivity contribution in [2.45, 2.75) is 192 Å². The summed E-state index contributed by atoms with van der Waals surface area (Å²) in [5, 5.41) is 63.0. The highest BCUT2D eigenvalue weighted by molar-refractivity contribution is 6.31. The van der Waals surface area contributed by atoms with Crippen molar-refractivity contribution in [1.29, 1.82) is 5.26 Å². The van der Waals surface area contributed by atoms with Crippen molar-refractivity contribution < 1.29 is 86.6 Å². The van der Waals surface area contributed by atoms with Gasteiger partial charge in [-0.15, -0.1) is 0 Å². The highest BCUT2D eigenvalue weighted by Crippen LogP contribution is 2.33. The first-order chi connectivity index (χ1) is 51.6. The van der Waals surface area contributed by atoms with Crippen LogP contribution in [-0.4, -0.2) is 189 Å². The summed E-state index contributed by atoms with van der Waals surface area (Å²) in [6.45, 7) is 2.03. The molecule has 32 nitrogen and oxygen atoms in total. The summed E-state index contributed by atoms with van der Waals surface area (Å²) < 4.78 is 39.2. The number of aliphatic carboxylic acids is 2. The van der Waals surface area contributed by atoms with Gasteiger partial charge in [-0.2, -0.15) is 10.4 Å². The first kappa shape index (κ1) is 87.9. The number of nitrogens with zero attached hydrogens (tertiary/aromatic N) is 6. The first-order valence-corrected chi connectivity index (χ1v) is 36.7. The number of benzene rings is 2. The molecule has 0 aliphatic heterocycles. The van der Waals surface area contributed by atoms with E-state index in [1.807, 2.05) is 0 Å². The summed E-state index contributed by atoms with van der Waals surface area (Å²) in [5.41, 5.74) is 9.16. The Morgan fingerprint density at radius 2 is 1.31 bits per heavy atom. The number of nitrogens with one attached hydrogen (secondary N) is 8. The van der Waals surface area contributed by atoms with Gasteiger partial charge in [0, 0.05) is 43.6 Å². The number of fused-ring (bicyclic) bond motifs is 1. The quantitative estimate of drug-likeness (QED) is 0.0149. The summed E-state index contributed by atoms with van der Waals surface area (Å²) in [4.78, 5) is 135. The number of imidazole rings is 2. The lowest BCUT2D eigenvalue weighted by molar-refractivity contribution is -0.142. The van der Waals surface area contributed by atoms with Gasteiger partial charge in [-0.3, -0.25) is 43.7 Å². The predicted molar refractivity (Wildman–Crippen MR) is 392 cm³/mol. The van der Waals surface area contributed by atoms with E-state index in [9.17, 15) is 67.8 Å². The van der Waals surface area contributed by atoms with Gasteiger partial charge in [-0.25, -0.2) is 28.5 Å². The van der Waals surface area contributed by atoms with Crippen LogP contribution in [0.25, 0.3) is 28.3 Å². The lowest BCUT2D eigenvalue weighted by atomic mass is 10.0. The number of amides is 8. The predicted octanol–water partition coefficient (Wildman–Crippen LogP) is 6.33. The molecule has 107 heavy (non-hydrogen) atoms. The van der Waals surface area contributed by atoms with Gasteiger partial charge in [0.1, 0.15) is 61.7 Å². The van der Waals surface area contributed by atoms with Crippen molar-refractivity contribution in [3.63, 3.8) is 0 Å². The van der Waals surface area contributed by atoms with Gasteiger partial charge >= 0.3 is 18.0 Å². The monoisotopic (exact) mass is 1520 g/mol. The van der Waals surface area contributed by atoms with Crippen LogP contribution in [0.15, 0.2) is 67.1 Å². The molecule has 0 unspecified atom stereocenters. The zero-order valence-corrected chi connectivity index (χ0v) is 61.6. The number of aromatic nitrogens is 5. The number of unbranched alkanes of at least 4 members (excludes halogenated alkanes) is 14. The van der Waals surface area contributed by atoms with Crippen LogP contribution >= 0.6 is 11.6 Å². The molecule has 13 N–H and O–H groups in total. The zero-order valence-electron chi connectivity index (χ0n) is 60.9. The average Bonchev–Trinajstić information content (AvgIpc) is 1.64. The number of carboxylic acids is 2. The first-order valence-electron chi connectivity index (χ1n) is 36.4. The molecule has 0 radical (unpaired) electrons. The number of ether oxygens (including phenoxy) is 4. The number of carbonyl (C=O) groups excluding carboxylic acids is 8. The Bertz CT molecular complexity index is 3690. The fraction of sp³-hybridized carbons (Fsp3) is 0.562. The topological polar surface area (TPSA) is 462 Å². The van der Waals surface area contributed by atoms with Crippen LogP contribution < -0.4 is 48.3 Å². The molecule has 0 fully saturated rings. The maximum atomic E-state index is 14.1. The van der Waals surface area contributed by atoms with Crippen LogP contribution in [-0.2, 0) is 75.2 Å². The number of nitriles is 1. The number of aliphatic hydroxyl groups excluding tert-OH is 1. The lowest BCUT2D eigenvalue weighted by Gasteiger charge is -2.23. The molecule has 0 bridgehead atoms. The van der Waals surface area contributed by atoms with E-state index in [1.165, 1.54) is 54.6 Å². The number of anilines is 1.